The number of carboxylic acids is 1. The van der Waals surface area contributed by atoms with Crippen molar-refractivity contribution in [3.8, 4) is 5.75 Å². The molecule has 3 heteroatoms. The van der Waals surface area contributed by atoms with Crippen LogP contribution in [-0.4, -0.2) is 11.1 Å². The van der Waals surface area contributed by atoms with Crippen molar-refractivity contribution < 1.29 is 14.6 Å². The summed E-state index contributed by atoms with van der Waals surface area (Å²) in [6.07, 6.45) is 2.95. The number of rotatable bonds is 1. The van der Waals surface area contributed by atoms with Gasteiger partial charge in [0.15, 0.2) is 0 Å². The smallest absolute Gasteiger partial charge is 0.315 e. The Morgan fingerprint density at radius 3 is 2.92 bits per heavy atom. The highest BCUT2D eigenvalue weighted by atomic mass is 16.5. The molecule has 0 aromatic heterocycles. The van der Waals surface area contributed by atoms with E-state index in [0.29, 0.717) is 11.3 Å². The van der Waals surface area contributed by atoms with Crippen molar-refractivity contribution in [2.75, 3.05) is 0 Å². The lowest BCUT2D eigenvalue weighted by molar-refractivity contribution is -0.137. The maximum Gasteiger partial charge on any atom is 0.315 e. The van der Waals surface area contributed by atoms with Crippen LogP contribution in [0.2, 0.25) is 0 Å². The van der Waals surface area contributed by atoms with Crippen LogP contribution >= 0.6 is 0 Å². The van der Waals surface area contributed by atoms with Crippen molar-refractivity contribution in [3.63, 3.8) is 0 Å². The molecule has 0 bridgehead atoms. The van der Waals surface area contributed by atoms with Crippen LogP contribution in [0.25, 0.3) is 0 Å². The lowest BCUT2D eigenvalue weighted by Crippen LogP contribution is -2.13. The second kappa shape index (κ2) is 2.94. The van der Waals surface area contributed by atoms with Crippen LogP contribution in [-0.2, 0) is 4.79 Å². The predicted molar refractivity (Wildman–Crippen MR) is 46.6 cm³/mol. The largest absolute Gasteiger partial charge is 0.481 e. The molecule has 1 unspecified atom stereocenters. The van der Waals surface area contributed by atoms with Crippen LogP contribution in [0.5, 0.6) is 5.75 Å². The van der Waals surface area contributed by atoms with Gasteiger partial charge in [-0.1, -0.05) is 18.2 Å². The molecule has 3 nitrogen and oxygen atoms in total. The summed E-state index contributed by atoms with van der Waals surface area (Å²) < 4.78 is 5.16. The summed E-state index contributed by atoms with van der Waals surface area (Å²) in [5.74, 6) is -0.811. The van der Waals surface area contributed by atoms with Gasteiger partial charge in [0.25, 0.3) is 0 Å². The van der Waals surface area contributed by atoms with Crippen LogP contribution in [0.3, 0.4) is 0 Å². The maximum atomic E-state index is 10.8. The number of carbonyl (C=O) groups is 1. The summed E-state index contributed by atoms with van der Waals surface area (Å²) in [5.41, 5.74) is 0.706. The number of ether oxygens (including phenoxy) is 1. The quantitative estimate of drug-likeness (QED) is 0.709. The Morgan fingerprint density at radius 2 is 2.15 bits per heavy atom. The van der Waals surface area contributed by atoms with Gasteiger partial charge in [0, 0.05) is 5.56 Å². The van der Waals surface area contributed by atoms with E-state index in [0.717, 1.165) is 0 Å². The van der Waals surface area contributed by atoms with Gasteiger partial charge in [-0.25, -0.2) is 0 Å². The van der Waals surface area contributed by atoms with Crippen molar-refractivity contribution in [2.24, 2.45) is 0 Å². The fraction of sp³-hybridized carbons (Fsp3) is 0.100. The molecule has 1 aromatic carbocycles. The Morgan fingerprint density at radius 1 is 1.38 bits per heavy atom. The maximum absolute atomic E-state index is 10.8. The first-order valence-electron chi connectivity index (χ1n) is 3.94. The van der Waals surface area contributed by atoms with E-state index >= 15 is 0 Å². The molecule has 1 aliphatic rings. The fourth-order valence-corrected chi connectivity index (χ4v) is 1.35. The van der Waals surface area contributed by atoms with Gasteiger partial charge in [-0.05, 0) is 12.1 Å². The number of aliphatic carboxylic acids is 1. The molecule has 0 fully saturated rings. The zero-order valence-corrected chi connectivity index (χ0v) is 6.81. The molecule has 1 aliphatic heterocycles. The average Bonchev–Trinajstić information content (AvgIpc) is 2.17. The molecular formula is C10H8O3. The number of hydrogen-bond acceptors (Lipinski definition) is 2. The van der Waals surface area contributed by atoms with Gasteiger partial charge in [-0.15, -0.1) is 0 Å². The zero-order valence-electron chi connectivity index (χ0n) is 6.81. The van der Waals surface area contributed by atoms with E-state index in [9.17, 15) is 4.79 Å². The lowest BCUT2D eigenvalue weighted by Gasteiger charge is -2.16. The molecule has 66 valence electrons. The summed E-state index contributed by atoms with van der Waals surface area (Å²) in [5, 5.41) is 8.88. The number of hydrogen-bond donors (Lipinski definition) is 1. The first-order valence-corrected chi connectivity index (χ1v) is 3.94. The Balaban J connectivity index is 2.48. The second-order valence-electron chi connectivity index (χ2n) is 2.80. The van der Waals surface area contributed by atoms with Crippen LogP contribution < -0.4 is 4.74 Å². The second-order valence-corrected chi connectivity index (χ2v) is 2.80. The molecule has 2 rings (SSSR count). The Hall–Kier alpha value is -1.77. The highest BCUT2D eigenvalue weighted by molar-refractivity contribution is 5.80. The van der Waals surface area contributed by atoms with Gasteiger partial charge >= 0.3 is 5.97 Å². The molecule has 1 N–H and O–H groups in total. The number of para-hydroxylation sites is 1. The third-order valence-electron chi connectivity index (χ3n) is 1.99. The van der Waals surface area contributed by atoms with E-state index in [1.54, 1.807) is 18.2 Å². The van der Waals surface area contributed by atoms with Gasteiger partial charge in [0.2, 0.25) is 0 Å². The van der Waals surface area contributed by atoms with Crippen LogP contribution in [0, 0.1) is 0 Å². The van der Waals surface area contributed by atoms with Crippen molar-refractivity contribution in [3.05, 3.63) is 42.2 Å². The van der Waals surface area contributed by atoms with Crippen LogP contribution in [0.1, 0.15) is 11.5 Å². The van der Waals surface area contributed by atoms with Crippen molar-refractivity contribution in [1.29, 1.82) is 0 Å². The molecule has 1 atom stereocenters. The van der Waals surface area contributed by atoms with Crippen LogP contribution in [0.4, 0.5) is 0 Å². The van der Waals surface area contributed by atoms with E-state index in [-0.39, 0.29) is 0 Å². The minimum Gasteiger partial charge on any atom is -0.481 e. The first kappa shape index (κ1) is 7.86. The van der Waals surface area contributed by atoms with E-state index in [1.165, 1.54) is 12.3 Å². The molecule has 1 heterocycles. The minimum absolute atomic E-state index is 0.579. The normalized spacial score (nSPS) is 18.9. The Bertz CT molecular complexity index is 368. The predicted octanol–water partition coefficient (Wildman–Crippen LogP) is 1.76. The fourth-order valence-electron chi connectivity index (χ4n) is 1.35. The molecule has 13 heavy (non-hydrogen) atoms. The number of carboxylic acid groups (broad SMARTS) is 1. The highest BCUT2D eigenvalue weighted by Crippen LogP contribution is 2.31. The molecule has 0 amide bonds. The summed E-state index contributed by atoms with van der Waals surface area (Å²) in [6, 6.07) is 7.14. The number of fused-ring (bicyclic) bond motifs is 1. The molecule has 0 radical (unpaired) electrons. The van der Waals surface area contributed by atoms with Gasteiger partial charge in [0.1, 0.15) is 11.7 Å². The standard InChI is InChI=1S/C10H8O3/c11-10(12)8-5-6-13-9-4-2-1-3-7(8)9/h1-6,8H,(H,11,12). The number of benzene rings is 1. The first-order chi connectivity index (χ1) is 6.29. The van der Waals surface area contributed by atoms with Crippen molar-refractivity contribution in [2.45, 2.75) is 5.92 Å². The molecule has 0 saturated carbocycles. The Labute approximate surface area is 75.3 Å². The van der Waals surface area contributed by atoms with Gasteiger partial charge in [-0.2, -0.15) is 0 Å². The average molecular weight is 176 g/mol. The van der Waals surface area contributed by atoms with Crippen molar-refractivity contribution in [1.82, 2.24) is 0 Å². The van der Waals surface area contributed by atoms with E-state index < -0.39 is 11.9 Å². The third kappa shape index (κ3) is 1.28. The summed E-state index contributed by atoms with van der Waals surface area (Å²) in [7, 11) is 0. The summed E-state index contributed by atoms with van der Waals surface area (Å²) >= 11 is 0. The SMILES string of the molecule is O=C(O)C1C=COc2ccccc21. The van der Waals surface area contributed by atoms with E-state index in [1.807, 2.05) is 6.07 Å². The summed E-state index contributed by atoms with van der Waals surface area (Å²) in [4.78, 5) is 10.8. The van der Waals surface area contributed by atoms with Crippen LogP contribution in [0.15, 0.2) is 36.6 Å². The van der Waals surface area contributed by atoms with Gasteiger partial charge in [-0.3, -0.25) is 4.79 Å². The Kier molecular flexibility index (Phi) is 1.77. The molecule has 0 spiro atoms. The molecule has 0 saturated heterocycles. The van der Waals surface area contributed by atoms with E-state index in [2.05, 4.69) is 0 Å². The molecular weight excluding hydrogens is 168 g/mol. The van der Waals surface area contributed by atoms with Gasteiger partial charge in [0.05, 0.1) is 6.26 Å². The highest BCUT2D eigenvalue weighted by Gasteiger charge is 2.22. The third-order valence-corrected chi connectivity index (χ3v) is 1.99. The lowest BCUT2D eigenvalue weighted by atomic mass is 9.97. The minimum atomic E-state index is -0.855. The summed E-state index contributed by atoms with van der Waals surface area (Å²) in [6.45, 7) is 0. The van der Waals surface area contributed by atoms with Crippen molar-refractivity contribution >= 4 is 5.97 Å². The zero-order chi connectivity index (χ0) is 9.26. The topological polar surface area (TPSA) is 46.5 Å². The monoisotopic (exact) mass is 176 g/mol. The van der Waals surface area contributed by atoms with E-state index in [4.69, 9.17) is 9.84 Å². The molecule has 1 aromatic rings. The van der Waals surface area contributed by atoms with Gasteiger partial charge < -0.3 is 9.84 Å². The molecule has 0 aliphatic carbocycles.